The van der Waals surface area contributed by atoms with Crippen LogP contribution in [0.25, 0.3) is 0 Å². The first-order valence-corrected chi connectivity index (χ1v) is 7.34. The van der Waals surface area contributed by atoms with Gasteiger partial charge in [-0.3, -0.25) is 9.78 Å². The van der Waals surface area contributed by atoms with E-state index < -0.39 is 0 Å². The van der Waals surface area contributed by atoms with Gasteiger partial charge in [0.2, 0.25) is 0 Å². The number of aromatic nitrogens is 1. The van der Waals surface area contributed by atoms with Crippen LogP contribution >= 0.6 is 0 Å². The van der Waals surface area contributed by atoms with E-state index in [4.69, 9.17) is 5.11 Å². The lowest BCUT2D eigenvalue weighted by Crippen LogP contribution is -2.27. The summed E-state index contributed by atoms with van der Waals surface area (Å²) in [5, 5.41) is 12.2. The predicted octanol–water partition coefficient (Wildman–Crippen LogP) is 2.00. The monoisotopic (exact) mass is 294 g/mol. The van der Waals surface area contributed by atoms with Crippen LogP contribution in [0.15, 0.2) is 18.3 Å². The number of aliphatic hydroxyl groups is 1. The Morgan fingerprint density at radius 2 is 2.05 bits per heavy atom. The second kappa shape index (κ2) is 8.74. The fourth-order valence-electron chi connectivity index (χ4n) is 2.03. The molecule has 2 N–H and O–H groups in total. The molecule has 2 heterocycles. The molecule has 0 bridgehead atoms. The van der Waals surface area contributed by atoms with Crippen LogP contribution in [0.1, 0.15) is 50.8 Å². The van der Waals surface area contributed by atoms with E-state index in [2.05, 4.69) is 15.0 Å². The van der Waals surface area contributed by atoms with Gasteiger partial charge in [0, 0.05) is 17.8 Å². The first-order chi connectivity index (χ1) is 9.96. The van der Waals surface area contributed by atoms with Gasteiger partial charge in [-0.2, -0.15) is 0 Å². The highest BCUT2D eigenvalue weighted by molar-refractivity contribution is 5.37. The largest absolute Gasteiger partial charge is 0.462 e. The Balaban J connectivity index is 0.000000270. The van der Waals surface area contributed by atoms with E-state index in [1.807, 2.05) is 32.9 Å². The van der Waals surface area contributed by atoms with E-state index in [1.165, 1.54) is 18.5 Å². The first-order valence-electron chi connectivity index (χ1n) is 7.34. The van der Waals surface area contributed by atoms with Gasteiger partial charge in [0.15, 0.2) is 0 Å². The number of hydrogen-bond donors (Lipinski definition) is 2. The molecule has 0 radical (unpaired) electrons. The van der Waals surface area contributed by atoms with E-state index in [-0.39, 0.29) is 12.2 Å². The van der Waals surface area contributed by atoms with Crippen molar-refractivity contribution in [1.29, 1.82) is 0 Å². The van der Waals surface area contributed by atoms with E-state index in [0.29, 0.717) is 12.4 Å². The van der Waals surface area contributed by atoms with Crippen LogP contribution in [-0.4, -0.2) is 35.3 Å². The number of carbonyl (C=O) groups excluding carboxylic acids is 1. The first kappa shape index (κ1) is 17.6. The van der Waals surface area contributed by atoms with Crippen LogP contribution in [0.4, 0.5) is 0 Å². The summed E-state index contributed by atoms with van der Waals surface area (Å²) in [5.74, 6) is 0.601. The highest BCUT2D eigenvalue weighted by Gasteiger charge is 2.15. The van der Waals surface area contributed by atoms with Gasteiger partial charge in [-0.15, -0.1) is 0 Å². The molecular formula is C16H26N2O3. The highest BCUT2D eigenvalue weighted by atomic mass is 16.5. The zero-order chi connectivity index (χ0) is 15.7. The normalized spacial score (nSPS) is 15.8. The Bertz CT molecular complexity index is 407. The Morgan fingerprint density at radius 3 is 2.43 bits per heavy atom. The van der Waals surface area contributed by atoms with E-state index in [9.17, 15) is 4.79 Å². The molecule has 0 spiro atoms. The molecule has 21 heavy (non-hydrogen) atoms. The van der Waals surface area contributed by atoms with Gasteiger partial charge >= 0.3 is 0 Å². The van der Waals surface area contributed by atoms with Crippen LogP contribution in [0, 0.1) is 0 Å². The minimum absolute atomic E-state index is 0.0828. The number of nitrogens with one attached hydrogen (secondary N) is 1. The third kappa shape index (κ3) is 7.20. The molecule has 1 aromatic heterocycles. The summed E-state index contributed by atoms with van der Waals surface area (Å²) in [4.78, 5) is 14.0. The molecule has 118 valence electrons. The highest BCUT2D eigenvalue weighted by Crippen LogP contribution is 2.23. The second-order valence-corrected chi connectivity index (χ2v) is 6.10. The summed E-state index contributed by atoms with van der Waals surface area (Å²) in [6.07, 6.45) is 4.12. The van der Waals surface area contributed by atoms with Crippen molar-refractivity contribution in [1.82, 2.24) is 10.3 Å². The van der Waals surface area contributed by atoms with Gasteiger partial charge in [-0.25, -0.2) is 0 Å². The van der Waals surface area contributed by atoms with Crippen LogP contribution < -0.4 is 5.32 Å². The van der Waals surface area contributed by atoms with Gasteiger partial charge in [-0.05, 0) is 58.3 Å². The molecule has 0 aromatic carbocycles. The average Bonchev–Trinajstić information content (AvgIpc) is 2.48. The number of pyridine rings is 1. The van der Waals surface area contributed by atoms with Crippen molar-refractivity contribution in [2.45, 2.75) is 51.7 Å². The number of piperidine rings is 1. The van der Waals surface area contributed by atoms with Crippen molar-refractivity contribution in [2.75, 3.05) is 13.1 Å². The molecule has 1 aromatic rings. The van der Waals surface area contributed by atoms with Crippen molar-refractivity contribution in [2.24, 2.45) is 0 Å². The minimum atomic E-state index is -0.318. The summed E-state index contributed by atoms with van der Waals surface area (Å²) in [7, 11) is 0. The van der Waals surface area contributed by atoms with Crippen molar-refractivity contribution < 1.29 is 14.6 Å². The quantitative estimate of drug-likeness (QED) is 0.834. The minimum Gasteiger partial charge on any atom is -0.462 e. The zero-order valence-electron chi connectivity index (χ0n) is 13.1. The number of nitrogens with zero attached hydrogens (tertiary/aromatic N) is 1. The lowest BCUT2D eigenvalue weighted by atomic mass is 9.94. The molecule has 0 atom stereocenters. The fourth-order valence-corrected chi connectivity index (χ4v) is 2.03. The van der Waals surface area contributed by atoms with Crippen LogP contribution in [0.5, 0.6) is 0 Å². The zero-order valence-corrected chi connectivity index (χ0v) is 13.1. The van der Waals surface area contributed by atoms with Gasteiger partial charge in [0.1, 0.15) is 5.60 Å². The molecule has 2 rings (SSSR count). The smallest absolute Gasteiger partial charge is 0.293 e. The number of carbonyl (C=O) groups is 1. The molecular weight excluding hydrogens is 268 g/mol. The SMILES string of the molecule is CC(C)(C)OC=O.OCc1ccc(C2CCNCC2)nc1. The van der Waals surface area contributed by atoms with Gasteiger partial charge in [0.05, 0.1) is 6.61 Å². The molecule has 0 amide bonds. The Kier molecular flexibility index (Phi) is 7.32. The van der Waals surface area contributed by atoms with Crippen molar-refractivity contribution in [3.8, 4) is 0 Å². The molecule has 1 fully saturated rings. The lowest BCUT2D eigenvalue weighted by Gasteiger charge is -2.21. The molecule has 1 aliphatic rings. The Labute approximate surface area is 126 Å². The molecule has 1 saturated heterocycles. The van der Waals surface area contributed by atoms with E-state index in [0.717, 1.165) is 18.7 Å². The van der Waals surface area contributed by atoms with Crippen molar-refractivity contribution in [3.63, 3.8) is 0 Å². The summed E-state index contributed by atoms with van der Waals surface area (Å²) in [5.41, 5.74) is 1.74. The second-order valence-electron chi connectivity index (χ2n) is 6.10. The van der Waals surface area contributed by atoms with Crippen LogP contribution in [0.2, 0.25) is 0 Å². The predicted molar refractivity (Wildman–Crippen MR) is 81.9 cm³/mol. The topological polar surface area (TPSA) is 71.5 Å². The number of ether oxygens (including phenoxy) is 1. The molecule has 5 nitrogen and oxygen atoms in total. The van der Waals surface area contributed by atoms with E-state index in [1.54, 1.807) is 6.20 Å². The molecule has 0 aliphatic carbocycles. The molecule has 5 heteroatoms. The Hall–Kier alpha value is -1.46. The van der Waals surface area contributed by atoms with Crippen molar-refractivity contribution >= 4 is 6.47 Å². The summed E-state index contributed by atoms with van der Waals surface area (Å²) >= 11 is 0. The summed E-state index contributed by atoms with van der Waals surface area (Å²) in [6.45, 7) is 8.19. The maximum atomic E-state index is 9.60. The summed E-state index contributed by atoms with van der Waals surface area (Å²) in [6, 6.07) is 4.01. The van der Waals surface area contributed by atoms with Gasteiger partial charge in [0.25, 0.3) is 6.47 Å². The van der Waals surface area contributed by atoms with Crippen molar-refractivity contribution in [3.05, 3.63) is 29.6 Å². The Morgan fingerprint density at radius 1 is 1.38 bits per heavy atom. The average molecular weight is 294 g/mol. The fraction of sp³-hybridized carbons (Fsp3) is 0.625. The van der Waals surface area contributed by atoms with Crippen LogP contribution in [0.3, 0.4) is 0 Å². The molecule has 0 unspecified atom stereocenters. The third-order valence-electron chi connectivity index (χ3n) is 3.19. The number of aliphatic hydroxyl groups excluding tert-OH is 1. The van der Waals surface area contributed by atoms with Gasteiger partial charge < -0.3 is 15.2 Å². The van der Waals surface area contributed by atoms with E-state index >= 15 is 0 Å². The lowest BCUT2D eigenvalue weighted by molar-refractivity contribution is -0.138. The maximum absolute atomic E-state index is 9.60. The third-order valence-corrected chi connectivity index (χ3v) is 3.19. The number of rotatable bonds is 3. The van der Waals surface area contributed by atoms with Crippen LogP contribution in [-0.2, 0) is 16.1 Å². The summed E-state index contributed by atoms with van der Waals surface area (Å²) < 4.78 is 4.55. The standard InChI is InChI=1S/C11H16N2O.C5H10O2/c14-8-9-1-2-11(13-7-9)10-3-5-12-6-4-10;1-5(2,3)7-4-6/h1-2,7,10,12,14H,3-6,8H2;4H,1-3H3. The molecule has 0 saturated carbocycles. The maximum Gasteiger partial charge on any atom is 0.293 e. The number of hydrogen-bond acceptors (Lipinski definition) is 5. The van der Waals surface area contributed by atoms with Gasteiger partial charge in [-0.1, -0.05) is 6.07 Å². The molecule has 1 aliphatic heterocycles.